The van der Waals surface area contributed by atoms with Crippen LogP contribution in [0.4, 0.5) is 5.13 Å². The van der Waals surface area contributed by atoms with Gasteiger partial charge in [0.15, 0.2) is 5.13 Å². The lowest BCUT2D eigenvalue weighted by Crippen LogP contribution is -2.15. The van der Waals surface area contributed by atoms with E-state index in [9.17, 15) is 4.79 Å². The monoisotopic (exact) mass is 342 g/mol. The average Bonchev–Trinajstić information content (AvgIpc) is 2.75. The van der Waals surface area contributed by atoms with Crippen molar-refractivity contribution in [3.8, 4) is 0 Å². The van der Waals surface area contributed by atoms with Crippen molar-refractivity contribution in [3.63, 3.8) is 0 Å². The van der Waals surface area contributed by atoms with Crippen molar-refractivity contribution in [1.82, 2.24) is 9.97 Å². The van der Waals surface area contributed by atoms with E-state index in [1.165, 1.54) is 17.5 Å². The summed E-state index contributed by atoms with van der Waals surface area (Å²) in [7, 11) is 0. The highest BCUT2D eigenvalue weighted by Gasteiger charge is 2.10. The smallest absolute Gasteiger partial charge is 0.276 e. The van der Waals surface area contributed by atoms with Crippen LogP contribution in [0, 0.1) is 0 Å². The minimum absolute atomic E-state index is 0.248. The highest BCUT2D eigenvalue weighted by molar-refractivity contribution is 9.11. The molecule has 0 saturated heterocycles. The van der Waals surface area contributed by atoms with Crippen molar-refractivity contribution in [2.45, 2.75) is 0 Å². The van der Waals surface area contributed by atoms with Crippen LogP contribution in [0.25, 0.3) is 0 Å². The first-order valence-corrected chi connectivity index (χ1v) is 6.76. The zero-order chi connectivity index (χ0) is 13.1. The lowest BCUT2D eigenvalue weighted by molar-refractivity contribution is 0.102. The maximum absolute atomic E-state index is 11.8. The van der Waals surface area contributed by atoms with E-state index in [0.717, 1.165) is 3.79 Å². The number of carbonyl (C=O) groups is 1. The number of aromatic nitrogens is 2. The summed E-state index contributed by atoms with van der Waals surface area (Å²) in [6.07, 6.45) is 3.08. The average molecular weight is 343 g/mol. The number of rotatable bonds is 3. The molecule has 1 amide bonds. The van der Waals surface area contributed by atoms with Crippen LogP contribution < -0.4 is 11.1 Å². The van der Waals surface area contributed by atoms with Crippen LogP contribution in [0.5, 0.6) is 0 Å². The summed E-state index contributed by atoms with van der Waals surface area (Å²) in [5.41, 5.74) is 6.35. The summed E-state index contributed by atoms with van der Waals surface area (Å²) in [4.78, 5) is 20.1. The third kappa shape index (κ3) is 3.09. The Labute approximate surface area is 121 Å². The zero-order valence-electron chi connectivity index (χ0n) is 8.88. The van der Waals surface area contributed by atoms with Gasteiger partial charge in [0.1, 0.15) is 10.7 Å². The molecule has 2 rings (SSSR count). The second-order valence-corrected chi connectivity index (χ2v) is 6.07. The molecule has 0 aromatic carbocycles. The molecule has 0 unspecified atom stereocenters. The van der Waals surface area contributed by atoms with Gasteiger partial charge < -0.3 is 5.73 Å². The molecule has 3 N–H and O–H groups in total. The van der Waals surface area contributed by atoms with Gasteiger partial charge in [-0.3, -0.25) is 15.1 Å². The van der Waals surface area contributed by atoms with Gasteiger partial charge in [0.25, 0.3) is 5.91 Å². The predicted molar refractivity (Wildman–Crippen MR) is 77.9 cm³/mol. The fourth-order valence-electron chi connectivity index (χ4n) is 1.15. The molecule has 0 radical (unpaired) electrons. The lowest BCUT2D eigenvalue weighted by Gasteiger charge is -2.02. The van der Waals surface area contributed by atoms with Crippen LogP contribution in [-0.4, -0.2) is 20.9 Å². The van der Waals surface area contributed by atoms with E-state index in [2.05, 4.69) is 31.2 Å². The van der Waals surface area contributed by atoms with E-state index in [1.54, 1.807) is 18.3 Å². The summed E-state index contributed by atoms with van der Waals surface area (Å²) >= 11 is 9.39. The van der Waals surface area contributed by atoms with Crippen LogP contribution in [0.1, 0.15) is 16.1 Å². The van der Waals surface area contributed by atoms with Gasteiger partial charge in [-0.25, -0.2) is 4.98 Å². The first-order chi connectivity index (χ1) is 8.56. The zero-order valence-corrected chi connectivity index (χ0v) is 12.1. The highest BCUT2D eigenvalue weighted by atomic mass is 79.9. The van der Waals surface area contributed by atoms with Crippen molar-refractivity contribution in [3.05, 3.63) is 39.6 Å². The number of hydrogen-bond acceptors (Lipinski definition) is 5. The van der Waals surface area contributed by atoms with Crippen molar-refractivity contribution >= 4 is 55.5 Å². The minimum Gasteiger partial charge on any atom is -0.389 e. The molecule has 2 heterocycles. The Balaban J connectivity index is 2.11. The number of nitrogens with two attached hydrogens (primary N) is 1. The summed E-state index contributed by atoms with van der Waals surface area (Å²) < 4.78 is 0.842. The Bertz CT molecular complexity index is 596. The van der Waals surface area contributed by atoms with Crippen LogP contribution in [0.3, 0.4) is 0 Å². The van der Waals surface area contributed by atoms with E-state index in [4.69, 9.17) is 18.0 Å². The van der Waals surface area contributed by atoms with E-state index in [1.807, 2.05) is 0 Å². The fraction of sp³-hybridized carbons (Fsp3) is 0. The Hall–Kier alpha value is -1.38. The van der Waals surface area contributed by atoms with Crippen molar-refractivity contribution in [2.24, 2.45) is 5.73 Å². The standard InChI is InChI=1S/C10H7BrN4OS2/c11-7-4-14-10(18-7)15-9(16)6-2-1-5(3-13-6)8(12)17/h1-4H,(H2,12,17)(H,14,15,16). The molecule has 0 spiro atoms. The highest BCUT2D eigenvalue weighted by Crippen LogP contribution is 2.23. The Kier molecular flexibility index (Phi) is 4.00. The number of halogens is 1. The van der Waals surface area contributed by atoms with Crippen LogP contribution in [0.2, 0.25) is 0 Å². The Morgan fingerprint density at radius 2 is 2.17 bits per heavy atom. The number of carbonyl (C=O) groups excluding carboxylic acids is 1. The number of pyridine rings is 1. The maximum Gasteiger partial charge on any atom is 0.276 e. The normalized spacial score (nSPS) is 10.1. The molecule has 0 atom stereocenters. The summed E-state index contributed by atoms with van der Waals surface area (Å²) in [5.74, 6) is -0.327. The molecule has 8 heteroatoms. The van der Waals surface area contributed by atoms with Gasteiger partial charge in [0, 0.05) is 11.8 Å². The topological polar surface area (TPSA) is 80.9 Å². The van der Waals surface area contributed by atoms with Crippen LogP contribution >= 0.6 is 39.5 Å². The number of thiocarbonyl (C=S) groups is 1. The number of nitrogens with one attached hydrogen (secondary N) is 1. The molecule has 0 fully saturated rings. The van der Waals surface area contributed by atoms with E-state index < -0.39 is 0 Å². The number of hydrogen-bond donors (Lipinski definition) is 2. The first kappa shape index (κ1) is 13.1. The molecule has 2 aromatic rings. The van der Waals surface area contributed by atoms with E-state index in [-0.39, 0.29) is 16.6 Å². The van der Waals surface area contributed by atoms with Gasteiger partial charge in [-0.05, 0) is 28.1 Å². The molecule has 5 nitrogen and oxygen atoms in total. The number of amides is 1. The predicted octanol–water partition coefficient (Wildman–Crippen LogP) is 2.19. The Morgan fingerprint density at radius 3 is 2.67 bits per heavy atom. The van der Waals surface area contributed by atoms with Gasteiger partial charge in [0.05, 0.1) is 9.98 Å². The molecular weight excluding hydrogens is 336 g/mol. The summed E-state index contributed by atoms with van der Waals surface area (Å²) in [6.45, 7) is 0. The molecule has 18 heavy (non-hydrogen) atoms. The van der Waals surface area contributed by atoms with Crippen LogP contribution in [-0.2, 0) is 0 Å². The summed E-state index contributed by atoms with van der Waals surface area (Å²) in [5, 5.41) is 3.15. The third-order valence-corrected chi connectivity index (χ3v) is 3.61. The fourth-order valence-corrected chi connectivity index (χ4v) is 2.37. The van der Waals surface area contributed by atoms with Crippen molar-refractivity contribution in [2.75, 3.05) is 5.32 Å². The van der Waals surface area contributed by atoms with Gasteiger partial charge in [-0.1, -0.05) is 23.6 Å². The van der Waals surface area contributed by atoms with E-state index >= 15 is 0 Å². The molecule has 92 valence electrons. The second-order valence-electron chi connectivity index (χ2n) is 3.22. The maximum atomic E-state index is 11.8. The molecule has 0 saturated carbocycles. The first-order valence-electron chi connectivity index (χ1n) is 4.75. The molecule has 0 aliphatic heterocycles. The van der Waals surface area contributed by atoms with Gasteiger partial charge in [-0.15, -0.1) is 0 Å². The lowest BCUT2D eigenvalue weighted by atomic mass is 10.2. The minimum atomic E-state index is -0.327. The number of nitrogens with zero attached hydrogens (tertiary/aromatic N) is 2. The number of thiazole rings is 1. The summed E-state index contributed by atoms with van der Waals surface area (Å²) in [6, 6.07) is 3.22. The van der Waals surface area contributed by atoms with Crippen LogP contribution in [0.15, 0.2) is 28.3 Å². The Morgan fingerprint density at radius 1 is 1.39 bits per heavy atom. The molecule has 0 aliphatic carbocycles. The van der Waals surface area contributed by atoms with Crippen molar-refractivity contribution < 1.29 is 4.79 Å². The van der Waals surface area contributed by atoms with Gasteiger partial charge >= 0.3 is 0 Å². The molecule has 2 aromatic heterocycles. The number of anilines is 1. The third-order valence-electron chi connectivity index (χ3n) is 1.98. The molecular formula is C10H7BrN4OS2. The van der Waals surface area contributed by atoms with E-state index in [0.29, 0.717) is 10.7 Å². The van der Waals surface area contributed by atoms with Crippen molar-refractivity contribution in [1.29, 1.82) is 0 Å². The molecule has 0 aliphatic rings. The molecule has 0 bridgehead atoms. The van der Waals surface area contributed by atoms with Gasteiger partial charge in [0.2, 0.25) is 0 Å². The second kappa shape index (κ2) is 5.51. The largest absolute Gasteiger partial charge is 0.389 e. The van der Waals surface area contributed by atoms with Gasteiger partial charge in [-0.2, -0.15) is 0 Å². The SMILES string of the molecule is NC(=S)c1ccc(C(=O)Nc2ncc(Br)s2)nc1. The quantitative estimate of drug-likeness (QED) is 0.835.